The lowest BCUT2D eigenvalue weighted by molar-refractivity contribution is 0.0691. The zero-order valence-electron chi connectivity index (χ0n) is 7.93. The molecule has 1 aromatic rings. The fraction of sp³-hybridized carbons (Fsp3) is 0.556. The molecule has 4 nitrogen and oxygen atoms in total. The fourth-order valence-electron chi connectivity index (χ4n) is 1.80. The van der Waals surface area contributed by atoms with E-state index in [1.54, 1.807) is 6.20 Å². The third kappa shape index (κ3) is 1.75. The van der Waals surface area contributed by atoms with E-state index in [0.29, 0.717) is 5.92 Å². The summed E-state index contributed by atoms with van der Waals surface area (Å²) >= 11 is 0. The van der Waals surface area contributed by atoms with Gasteiger partial charge in [-0.2, -0.15) is 0 Å². The Hall–Kier alpha value is -1.03. The van der Waals surface area contributed by atoms with Crippen molar-refractivity contribution < 1.29 is 9.90 Å². The predicted molar refractivity (Wildman–Crippen MR) is 54.1 cm³/mol. The summed E-state index contributed by atoms with van der Waals surface area (Å²) in [5.41, 5.74) is 0.170. The maximum Gasteiger partial charge on any atom is 0.356 e. The van der Waals surface area contributed by atoms with Crippen LogP contribution in [0, 0.1) is 0 Å². The standard InChI is InChI=1S/C9H12N2O2.ClH/c1-6-3-2-4-11-5-7(9(12)13)10-8(6)11;/h5-6H,2-4H2,1H3,(H,12,13);1H. The number of hydrogen-bond donors (Lipinski definition) is 1. The number of carboxylic acids is 1. The molecule has 0 radical (unpaired) electrons. The van der Waals surface area contributed by atoms with Gasteiger partial charge < -0.3 is 9.67 Å². The van der Waals surface area contributed by atoms with Crippen LogP contribution in [0.3, 0.4) is 0 Å². The SMILES string of the molecule is CC1CCCn2cc(C(=O)O)nc21.Cl. The highest BCUT2D eigenvalue weighted by Crippen LogP contribution is 2.25. The summed E-state index contributed by atoms with van der Waals surface area (Å²) in [5, 5.41) is 8.74. The summed E-state index contributed by atoms with van der Waals surface area (Å²) in [6, 6.07) is 0. The maximum absolute atomic E-state index is 10.6. The average Bonchev–Trinajstić information content (AvgIpc) is 2.49. The van der Waals surface area contributed by atoms with Crippen LogP contribution in [0.5, 0.6) is 0 Å². The molecular weight excluding hydrogens is 204 g/mol. The number of rotatable bonds is 1. The van der Waals surface area contributed by atoms with Gasteiger partial charge in [-0.3, -0.25) is 0 Å². The minimum atomic E-state index is -0.936. The number of carboxylic acid groups (broad SMARTS) is 1. The molecular formula is C9H13ClN2O2. The van der Waals surface area contributed by atoms with Crippen molar-refractivity contribution in [2.45, 2.75) is 32.2 Å². The van der Waals surface area contributed by atoms with Gasteiger partial charge in [-0.15, -0.1) is 12.4 Å². The van der Waals surface area contributed by atoms with Crippen molar-refractivity contribution >= 4 is 18.4 Å². The van der Waals surface area contributed by atoms with E-state index < -0.39 is 5.97 Å². The molecule has 2 rings (SSSR count). The van der Waals surface area contributed by atoms with Crippen LogP contribution in [0.1, 0.15) is 42.0 Å². The number of imidazole rings is 1. The molecule has 2 heterocycles. The van der Waals surface area contributed by atoms with E-state index in [4.69, 9.17) is 5.11 Å². The predicted octanol–water partition coefficient (Wildman–Crippen LogP) is 1.90. The minimum absolute atomic E-state index is 0. The second-order valence-corrected chi connectivity index (χ2v) is 3.53. The van der Waals surface area contributed by atoms with Gasteiger partial charge in [0.1, 0.15) is 5.82 Å². The second-order valence-electron chi connectivity index (χ2n) is 3.53. The van der Waals surface area contributed by atoms with Gasteiger partial charge in [0.05, 0.1) is 0 Å². The Morgan fingerprint density at radius 1 is 1.71 bits per heavy atom. The van der Waals surface area contributed by atoms with Gasteiger partial charge in [-0.25, -0.2) is 9.78 Å². The van der Waals surface area contributed by atoms with Gasteiger partial charge in [-0.1, -0.05) is 6.92 Å². The molecule has 1 aromatic heterocycles. The highest BCUT2D eigenvalue weighted by molar-refractivity contribution is 5.85. The Kier molecular flexibility index (Phi) is 3.16. The van der Waals surface area contributed by atoms with Gasteiger partial charge in [0.25, 0.3) is 0 Å². The van der Waals surface area contributed by atoms with Crippen molar-refractivity contribution in [1.82, 2.24) is 9.55 Å². The molecule has 14 heavy (non-hydrogen) atoms. The Bertz CT molecular complexity index is 349. The first-order chi connectivity index (χ1) is 6.18. The quantitative estimate of drug-likeness (QED) is 0.780. The number of nitrogens with zero attached hydrogens (tertiary/aromatic N) is 2. The average molecular weight is 217 g/mol. The molecule has 0 aromatic carbocycles. The fourth-order valence-corrected chi connectivity index (χ4v) is 1.80. The molecule has 1 atom stereocenters. The van der Waals surface area contributed by atoms with E-state index in [2.05, 4.69) is 11.9 Å². The van der Waals surface area contributed by atoms with Crippen LogP contribution < -0.4 is 0 Å². The molecule has 0 spiro atoms. The van der Waals surface area contributed by atoms with Crippen LogP contribution in [-0.2, 0) is 6.54 Å². The summed E-state index contributed by atoms with van der Waals surface area (Å²) in [4.78, 5) is 14.7. The van der Waals surface area contributed by atoms with Gasteiger partial charge in [0.15, 0.2) is 5.69 Å². The van der Waals surface area contributed by atoms with E-state index in [1.165, 1.54) is 0 Å². The number of aromatic nitrogens is 2. The van der Waals surface area contributed by atoms with Gasteiger partial charge in [0.2, 0.25) is 0 Å². The first-order valence-electron chi connectivity index (χ1n) is 4.49. The molecule has 0 aliphatic carbocycles. The molecule has 0 amide bonds. The van der Waals surface area contributed by atoms with Crippen LogP contribution in [-0.4, -0.2) is 20.6 Å². The topological polar surface area (TPSA) is 55.1 Å². The molecule has 0 bridgehead atoms. The summed E-state index contributed by atoms with van der Waals surface area (Å²) in [6.07, 6.45) is 3.85. The number of halogens is 1. The van der Waals surface area contributed by atoms with Crippen molar-refractivity contribution in [3.8, 4) is 0 Å². The summed E-state index contributed by atoms with van der Waals surface area (Å²) in [5.74, 6) is 0.375. The summed E-state index contributed by atoms with van der Waals surface area (Å²) in [6.45, 7) is 2.99. The molecule has 78 valence electrons. The Balaban J connectivity index is 0.000000980. The third-order valence-electron chi connectivity index (χ3n) is 2.50. The van der Waals surface area contributed by atoms with Crippen molar-refractivity contribution in [3.05, 3.63) is 17.7 Å². The van der Waals surface area contributed by atoms with Crippen LogP contribution in [0.15, 0.2) is 6.20 Å². The molecule has 5 heteroatoms. The van der Waals surface area contributed by atoms with E-state index in [0.717, 1.165) is 25.2 Å². The normalized spacial score (nSPS) is 19.6. The molecule has 0 fully saturated rings. The lowest BCUT2D eigenvalue weighted by Crippen LogP contribution is -2.12. The molecule has 0 saturated heterocycles. The van der Waals surface area contributed by atoms with Crippen molar-refractivity contribution in [1.29, 1.82) is 0 Å². The van der Waals surface area contributed by atoms with Crippen LogP contribution in [0.4, 0.5) is 0 Å². The first kappa shape index (κ1) is 11.0. The van der Waals surface area contributed by atoms with Crippen LogP contribution in [0.2, 0.25) is 0 Å². The number of aryl methyl sites for hydroxylation is 1. The largest absolute Gasteiger partial charge is 0.476 e. The van der Waals surface area contributed by atoms with E-state index >= 15 is 0 Å². The maximum atomic E-state index is 10.6. The Morgan fingerprint density at radius 2 is 2.43 bits per heavy atom. The highest BCUT2D eigenvalue weighted by Gasteiger charge is 2.20. The monoisotopic (exact) mass is 216 g/mol. The zero-order valence-corrected chi connectivity index (χ0v) is 8.75. The lowest BCUT2D eigenvalue weighted by Gasteiger charge is -2.19. The number of hydrogen-bond acceptors (Lipinski definition) is 2. The number of carbonyl (C=O) groups is 1. The van der Waals surface area contributed by atoms with Crippen molar-refractivity contribution in [3.63, 3.8) is 0 Å². The lowest BCUT2D eigenvalue weighted by atomic mass is 10.0. The molecule has 1 unspecified atom stereocenters. The molecule has 1 aliphatic heterocycles. The Labute approximate surface area is 88.4 Å². The van der Waals surface area contributed by atoms with Gasteiger partial charge in [0, 0.05) is 18.7 Å². The summed E-state index contributed by atoms with van der Waals surface area (Å²) < 4.78 is 1.96. The van der Waals surface area contributed by atoms with Crippen LogP contribution in [0.25, 0.3) is 0 Å². The van der Waals surface area contributed by atoms with E-state index in [9.17, 15) is 4.79 Å². The number of fused-ring (bicyclic) bond motifs is 1. The van der Waals surface area contributed by atoms with Crippen LogP contribution >= 0.6 is 12.4 Å². The minimum Gasteiger partial charge on any atom is -0.476 e. The molecule has 1 N–H and O–H groups in total. The molecule has 1 aliphatic rings. The number of aromatic carboxylic acids is 1. The summed E-state index contributed by atoms with van der Waals surface area (Å²) in [7, 11) is 0. The van der Waals surface area contributed by atoms with Gasteiger partial charge >= 0.3 is 5.97 Å². The second kappa shape index (κ2) is 4.00. The molecule has 0 saturated carbocycles. The van der Waals surface area contributed by atoms with E-state index in [-0.39, 0.29) is 18.1 Å². The highest BCUT2D eigenvalue weighted by atomic mass is 35.5. The first-order valence-corrected chi connectivity index (χ1v) is 4.49. The van der Waals surface area contributed by atoms with Crippen molar-refractivity contribution in [2.75, 3.05) is 0 Å². The zero-order chi connectivity index (χ0) is 9.42. The Morgan fingerprint density at radius 3 is 3.00 bits per heavy atom. The third-order valence-corrected chi connectivity index (χ3v) is 2.50. The smallest absolute Gasteiger partial charge is 0.356 e. The van der Waals surface area contributed by atoms with E-state index in [1.807, 2.05) is 4.57 Å². The van der Waals surface area contributed by atoms with Crippen molar-refractivity contribution in [2.24, 2.45) is 0 Å². The van der Waals surface area contributed by atoms with Gasteiger partial charge in [-0.05, 0) is 12.8 Å².